The highest BCUT2D eigenvalue weighted by Gasteiger charge is 2.30. The van der Waals surface area contributed by atoms with Gasteiger partial charge in [-0.2, -0.15) is 0 Å². The maximum atomic E-state index is 15.6. The Hall–Kier alpha value is -4.15. The van der Waals surface area contributed by atoms with Gasteiger partial charge in [0.2, 0.25) is 0 Å². The van der Waals surface area contributed by atoms with E-state index in [9.17, 15) is 9.59 Å². The van der Waals surface area contributed by atoms with Crippen LogP contribution in [0.3, 0.4) is 0 Å². The second-order valence-electron chi connectivity index (χ2n) is 12.1. The molecule has 2 radical (unpaired) electrons. The number of hydrogen-bond acceptors (Lipinski definition) is 5. The molecule has 1 N–H and O–H groups in total. The number of pyridine rings is 2. The first kappa shape index (κ1) is 29.6. The number of imidazole rings is 1. The summed E-state index contributed by atoms with van der Waals surface area (Å²) >= 11 is 1.75. The molecule has 2 unspecified atom stereocenters. The predicted octanol–water partition coefficient (Wildman–Crippen LogP) is 7.93. The molecular formula is C35H33FN4O3SSi. The maximum Gasteiger partial charge on any atom is 0.265 e. The number of carboxylic acid groups (broad SMARTS) is 1. The summed E-state index contributed by atoms with van der Waals surface area (Å²) in [6.07, 6.45) is 12.6. The van der Waals surface area contributed by atoms with Gasteiger partial charge in [-0.25, -0.2) is 9.37 Å². The third-order valence-electron chi connectivity index (χ3n) is 9.33. The van der Waals surface area contributed by atoms with Crippen molar-refractivity contribution in [3.8, 4) is 22.4 Å². The highest BCUT2D eigenvalue weighted by Crippen LogP contribution is 2.38. The van der Waals surface area contributed by atoms with E-state index < -0.39 is 5.59 Å². The molecule has 5 heterocycles. The van der Waals surface area contributed by atoms with Crippen molar-refractivity contribution in [2.75, 3.05) is 6.54 Å². The molecule has 0 bridgehead atoms. The summed E-state index contributed by atoms with van der Waals surface area (Å²) in [6.45, 7) is 2.74. The summed E-state index contributed by atoms with van der Waals surface area (Å²) < 4.78 is 17.4. The topological polar surface area (TPSA) is 87.8 Å². The maximum absolute atomic E-state index is 15.6. The van der Waals surface area contributed by atoms with E-state index in [1.165, 1.54) is 10.4 Å². The number of rotatable bonds is 8. The fraction of sp³-hybridized carbons (Fsp3) is 0.314. The number of hydrogen-bond donors (Lipinski definition) is 1. The van der Waals surface area contributed by atoms with Crippen LogP contribution in [-0.4, -0.2) is 51.9 Å². The molecule has 1 amide bonds. The molecule has 0 spiro atoms. The second kappa shape index (κ2) is 12.3. The zero-order chi connectivity index (χ0) is 31.1. The third kappa shape index (κ3) is 5.96. The van der Waals surface area contributed by atoms with Gasteiger partial charge in [0.1, 0.15) is 11.5 Å². The van der Waals surface area contributed by atoms with Crippen molar-refractivity contribution < 1.29 is 19.1 Å². The average molecular weight is 637 g/mol. The van der Waals surface area contributed by atoms with Crippen LogP contribution in [0.5, 0.6) is 0 Å². The molecule has 1 saturated carbocycles. The first-order valence-corrected chi connectivity index (χ1v) is 17.4. The molecule has 45 heavy (non-hydrogen) atoms. The molecule has 3 atom stereocenters. The Morgan fingerprint density at radius 3 is 2.82 bits per heavy atom. The van der Waals surface area contributed by atoms with E-state index in [2.05, 4.69) is 23.4 Å². The van der Waals surface area contributed by atoms with Crippen molar-refractivity contribution in [3.05, 3.63) is 100 Å². The molecule has 7 nitrogen and oxygen atoms in total. The van der Waals surface area contributed by atoms with E-state index in [1.807, 2.05) is 33.6 Å². The number of amides is 1. The van der Waals surface area contributed by atoms with E-state index in [1.54, 1.807) is 48.3 Å². The summed E-state index contributed by atoms with van der Waals surface area (Å²) in [4.78, 5) is 37.5. The van der Waals surface area contributed by atoms with Crippen LogP contribution in [-0.2, 0) is 12.8 Å². The SMILES string of the molecule is C[C@@H]1c2ccsc2CCN1C(=O)c1cc(-c2cccnc2)c2nc(-c3ccc(CCC4CCC([Si]C(=O)O)C4)cc3F)cn2c1. The molecule has 7 rings (SSSR count). The molecular weight excluding hydrogens is 604 g/mol. The van der Waals surface area contributed by atoms with Crippen molar-refractivity contribution in [2.45, 2.75) is 57.0 Å². The molecule has 1 fully saturated rings. The van der Waals surface area contributed by atoms with Gasteiger partial charge in [0.25, 0.3) is 11.5 Å². The lowest BCUT2D eigenvalue weighted by Gasteiger charge is -2.33. The highest BCUT2D eigenvalue weighted by molar-refractivity contribution is 7.10. The van der Waals surface area contributed by atoms with Crippen molar-refractivity contribution in [2.24, 2.45) is 5.92 Å². The van der Waals surface area contributed by atoms with Gasteiger partial charge in [0.15, 0.2) is 9.52 Å². The third-order valence-corrected chi connectivity index (χ3v) is 11.5. The minimum Gasteiger partial charge on any atom is -0.486 e. The van der Waals surface area contributed by atoms with Crippen LogP contribution in [0.25, 0.3) is 28.0 Å². The number of nitrogens with zero attached hydrogens (tertiary/aromatic N) is 4. The average Bonchev–Trinajstić information content (AvgIpc) is 3.80. The van der Waals surface area contributed by atoms with Crippen LogP contribution < -0.4 is 0 Å². The summed E-state index contributed by atoms with van der Waals surface area (Å²) in [6, 6.07) is 13.1. The van der Waals surface area contributed by atoms with Crippen LogP contribution in [0.4, 0.5) is 9.18 Å². The number of aryl methyl sites for hydroxylation is 1. The molecule has 1 aliphatic carbocycles. The van der Waals surface area contributed by atoms with Crippen LogP contribution in [0.1, 0.15) is 65.0 Å². The van der Waals surface area contributed by atoms with Gasteiger partial charge in [-0.15, -0.1) is 11.3 Å². The summed E-state index contributed by atoms with van der Waals surface area (Å²) in [5.41, 5.74) is 5.39. The fourth-order valence-electron chi connectivity index (χ4n) is 6.97. The molecule has 1 aromatic carbocycles. The number of carbonyl (C=O) groups excluding carboxylic acids is 1. The van der Waals surface area contributed by atoms with Crippen molar-refractivity contribution in [3.63, 3.8) is 0 Å². The second-order valence-corrected chi connectivity index (χ2v) is 14.7. The van der Waals surface area contributed by atoms with Crippen LogP contribution in [0, 0.1) is 11.7 Å². The molecule has 228 valence electrons. The van der Waals surface area contributed by atoms with Crippen LogP contribution in [0.2, 0.25) is 5.54 Å². The van der Waals surface area contributed by atoms with Crippen molar-refractivity contribution in [1.29, 1.82) is 0 Å². The lowest BCUT2D eigenvalue weighted by atomic mass is 9.97. The van der Waals surface area contributed by atoms with E-state index in [0.29, 0.717) is 34.9 Å². The largest absolute Gasteiger partial charge is 0.486 e. The number of halogens is 1. The Balaban J connectivity index is 1.17. The molecule has 10 heteroatoms. The number of carbonyl (C=O) groups is 2. The number of aromatic nitrogens is 3. The van der Waals surface area contributed by atoms with E-state index in [4.69, 9.17) is 10.1 Å². The lowest BCUT2D eigenvalue weighted by molar-refractivity contribution is 0.0679. The fourth-order valence-corrected chi connectivity index (χ4v) is 9.04. The highest BCUT2D eigenvalue weighted by atomic mass is 32.1. The summed E-state index contributed by atoms with van der Waals surface area (Å²) in [5.74, 6) is 0.112. The standard InChI is InChI=1S/C35H33FN4O3SSi/c1-21-27-11-14-44-32(27)10-13-40(21)34(41)25-17-29(24-3-2-12-37-18-24)33-38-31(20-39(33)19-25)28-9-7-23(16-30(28)36)5-4-22-6-8-26(15-22)45-35(42)43/h2-3,7,9,11-12,14,16-22,26H,4-6,8,10,13,15H2,1H3,(H,42,43)/t21-,22?,26?/m1/s1. The van der Waals surface area contributed by atoms with Crippen LogP contribution >= 0.6 is 11.3 Å². The van der Waals surface area contributed by atoms with Gasteiger partial charge < -0.3 is 14.4 Å². The number of benzene rings is 1. The zero-order valence-corrected chi connectivity index (χ0v) is 26.8. The van der Waals surface area contributed by atoms with Gasteiger partial charge in [-0.3, -0.25) is 14.6 Å². The Morgan fingerprint density at radius 1 is 1.13 bits per heavy atom. The minimum atomic E-state index is -0.700. The normalized spacial score (nSPS) is 19.6. The van der Waals surface area contributed by atoms with E-state index in [-0.39, 0.29) is 32.8 Å². The number of fused-ring (bicyclic) bond motifs is 2. The van der Waals surface area contributed by atoms with Crippen LogP contribution in [0.15, 0.2) is 72.6 Å². The molecule has 5 aromatic rings. The Bertz CT molecular complexity index is 1890. The Kier molecular flexibility index (Phi) is 8.09. The Morgan fingerprint density at radius 2 is 2.02 bits per heavy atom. The Labute approximate surface area is 267 Å². The van der Waals surface area contributed by atoms with Crippen molar-refractivity contribution in [1.82, 2.24) is 19.3 Å². The van der Waals surface area contributed by atoms with Gasteiger partial charge in [-0.1, -0.05) is 25.0 Å². The number of thiophene rings is 1. The van der Waals surface area contributed by atoms with Gasteiger partial charge in [0, 0.05) is 52.9 Å². The lowest BCUT2D eigenvalue weighted by Crippen LogP contribution is -2.38. The molecule has 0 saturated heterocycles. The van der Waals surface area contributed by atoms with Gasteiger partial charge >= 0.3 is 0 Å². The van der Waals surface area contributed by atoms with E-state index >= 15 is 4.39 Å². The monoisotopic (exact) mass is 636 g/mol. The van der Waals surface area contributed by atoms with Gasteiger partial charge in [0.05, 0.1) is 17.3 Å². The first-order chi connectivity index (χ1) is 21.8. The first-order valence-electron chi connectivity index (χ1n) is 15.4. The predicted molar refractivity (Wildman–Crippen MR) is 174 cm³/mol. The molecule has 2 aliphatic rings. The minimum absolute atomic E-state index is 0.0174. The quantitative estimate of drug-likeness (QED) is 0.175. The molecule has 1 aliphatic heterocycles. The summed E-state index contributed by atoms with van der Waals surface area (Å²) in [7, 11) is -0.0200. The van der Waals surface area contributed by atoms with Gasteiger partial charge in [-0.05, 0) is 90.9 Å². The van der Waals surface area contributed by atoms with Crippen molar-refractivity contribution >= 4 is 38.0 Å². The smallest absolute Gasteiger partial charge is 0.265 e. The molecule has 4 aromatic heterocycles. The zero-order valence-electron chi connectivity index (χ0n) is 24.9. The van der Waals surface area contributed by atoms with E-state index in [0.717, 1.165) is 55.2 Å². The summed E-state index contributed by atoms with van der Waals surface area (Å²) in [5, 5.41) is 11.2.